The Morgan fingerprint density at radius 3 is 2.41 bits per heavy atom. The van der Waals surface area contributed by atoms with Crippen LogP contribution in [0.2, 0.25) is 0 Å². The highest BCUT2D eigenvalue weighted by Crippen LogP contribution is 2.31. The molecule has 0 aromatic heterocycles. The third-order valence-electron chi connectivity index (χ3n) is 3.16. The zero-order valence-electron chi connectivity index (χ0n) is 12.2. The molecule has 2 aromatic carbocycles. The first-order valence-electron chi connectivity index (χ1n) is 6.68. The molecule has 0 saturated carbocycles. The van der Waals surface area contributed by atoms with Crippen molar-refractivity contribution in [3.63, 3.8) is 0 Å². The van der Waals surface area contributed by atoms with E-state index in [-0.39, 0.29) is 11.4 Å². The SMILES string of the molecule is CCc1ccc(C(=O)Oc2ccc(OC)cc2[N+](=O)[O-])cc1. The molecule has 0 amide bonds. The van der Waals surface area contributed by atoms with Gasteiger partial charge in [-0.3, -0.25) is 10.1 Å². The summed E-state index contributed by atoms with van der Waals surface area (Å²) >= 11 is 0. The molecule has 114 valence electrons. The highest BCUT2D eigenvalue weighted by atomic mass is 16.6. The zero-order valence-corrected chi connectivity index (χ0v) is 12.2. The van der Waals surface area contributed by atoms with Gasteiger partial charge >= 0.3 is 11.7 Å². The molecule has 0 heterocycles. The highest BCUT2D eigenvalue weighted by molar-refractivity contribution is 5.91. The summed E-state index contributed by atoms with van der Waals surface area (Å²) in [5.74, 6) is -0.440. The molecule has 0 radical (unpaired) electrons. The van der Waals surface area contributed by atoms with Crippen molar-refractivity contribution in [2.75, 3.05) is 7.11 Å². The van der Waals surface area contributed by atoms with Crippen LogP contribution in [0.1, 0.15) is 22.8 Å². The van der Waals surface area contributed by atoms with Gasteiger partial charge in [-0.2, -0.15) is 0 Å². The van der Waals surface area contributed by atoms with Gasteiger partial charge in [-0.15, -0.1) is 0 Å². The van der Waals surface area contributed by atoms with Gasteiger partial charge in [0.05, 0.1) is 23.7 Å². The molecule has 6 heteroatoms. The van der Waals surface area contributed by atoms with E-state index in [0.717, 1.165) is 12.0 Å². The van der Waals surface area contributed by atoms with Gasteiger partial charge in [0.25, 0.3) is 0 Å². The average molecular weight is 301 g/mol. The molecule has 0 atom stereocenters. The topological polar surface area (TPSA) is 78.7 Å². The van der Waals surface area contributed by atoms with Crippen LogP contribution in [-0.4, -0.2) is 18.0 Å². The van der Waals surface area contributed by atoms with Gasteiger partial charge in [0.2, 0.25) is 5.75 Å². The number of hydrogen-bond acceptors (Lipinski definition) is 5. The summed E-state index contributed by atoms with van der Waals surface area (Å²) in [6.45, 7) is 2.01. The molecular formula is C16H15NO5. The molecule has 22 heavy (non-hydrogen) atoms. The maximum atomic E-state index is 12.1. The van der Waals surface area contributed by atoms with Crippen molar-refractivity contribution in [3.8, 4) is 11.5 Å². The van der Waals surface area contributed by atoms with Crippen molar-refractivity contribution in [2.45, 2.75) is 13.3 Å². The first-order valence-corrected chi connectivity index (χ1v) is 6.68. The van der Waals surface area contributed by atoms with Gasteiger partial charge in [0.15, 0.2) is 0 Å². The number of methoxy groups -OCH3 is 1. The number of benzene rings is 2. The van der Waals surface area contributed by atoms with Crippen molar-refractivity contribution >= 4 is 11.7 Å². The first-order chi connectivity index (χ1) is 10.5. The number of nitro benzene ring substituents is 1. The maximum absolute atomic E-state index is 12.1. The van der Waals surface area contributed by atoms with E-state index < -0.39 is 10.9 Å². The average Bonchev–Trinajstić information content (AvgIpc) is 2.55. The summed E-state index contributed by atoms with van der Waals surface area (Å²) < 4.78 is 10.1. The van der Waals surface area contributed by atoms with Gasteiger partial charge < -0.3 is 9.47 Å². The van der Waals surface area contributed by atoms with Gasteiger partial charge in [-0.25, -0.2) is 4.79 Å². The third kappa shape index (κ3) is 3.41. The Kier molecular flexibility index (Phi) is 4.73. The molecular weight excluding hydrogens is 286 g/mol. The molecule has 0 spiro atoms. The number of carbonyl (C=O) groups is 1. The van der Waals surface area contributed by atoms with Crippen LogP contribution < -0.4 is 9.47 Å². The molecule has 0 fully saturated rings. The summed E-state index contributed by atoms with van der Waals surface area (Å²) in [7, 11) is 1.40. The molecule has 0 saturated heterocycles. The predicted octanol–water partition coefficient (Wildman–Crippen LogP) is 3.39. The lowest BCUT2D eigenvalue weighted by molar-refractivity contribution is -0.385. The lowest BCUT2D eigenvalue weighted by Gasteiger charge is -2.07. The van der Waals surface area contributed by atoms with Gasteiger partial charge in [-0.1, -0.05) is 19.1 Å². The highest BCUT2D eigenvalue weighted by Gasteiger charge is 2.20. The standard InChI is InChI=1S/C16H15NO5/c1-3-11-4-6-12(7-5-11)16(18)22-15-9-8-13(21-2)10-14(15)17(19)20/h4-10H,3H2,1-2H3. The minimum atomic E-state index is -0.643. The summed E-state index contributed by atoms with van der Waals surface area (Å²) in [5, 5.41) is 11.1. The molecule has 0 aliphatic heterocycles. The zero-order chi connectivity index (χ0) is 16.1. The molecule has 0 unspecified atom stereocenters. The monoisotopic (exact) mass is 301 g/mol. The van der Waals surface area contributed by atoms with Crippen molar-refractivity contribution in [2.24, 2.45) is 0 Å². The molecule has 0 aliphatic carbocycles. The maximum Gasteiger partial charge on any atom is 0.343 e. The number of nitro groups is 1. The van der Waals surface area contributed by atoms with Crippen LogP contribution in [0, 0.1) is 10.1 Å². The Balaban J connectivity index is 2.25. The van der Waals surface area contributed by atoms with Crippen molar-refractivity contribution in [1.82, 2.24) is 0 Å². The van der Waals surface area contributed by atoms with Gasteiger partial charge in [-0.05, 0) is 36.2 Å². The number of esters is 1. The Morgan fingerprint density at radius 2 is 1.86 bits per heavy atom. The third-order valence-corrected chi connectivity index (χ3v) is 3.16. The molecule has 6 nitrogen and oxygen atoms in total. The van der Waals surface area contributed by atoms with Crippen LogP contribution in [0.15, 0.2) is 42.5 Å². The van der Waals surface area contributed by atoms with E-state index in [1.165, 1.54) is 25.3 Å². The molecule has 2 aromatic rings. The lowest BCUT2D eigenvalue weighted by atomic mass is 10.1. The minimum absolute atomic E-state index is 0.115. The van der Waals surface area contributed by atoms with Crippen LogP contribution in [0.4, 0.5) is 5.69 Å². The van der Waals surface area contributed by atoms with E-state index in [1.807, 2.05) is 19.1 Å². The molecule has 0 N–H and O–H groups in total. The first kappa shape index (κ1) is 15.5. The summed E-state index contributed by atoms with van der Waals surface area (Å²) in [6.07, 6.45) is 0.860. The van der Waals surface area contributed by atoms with E-state index in [9.17, 15) is 14.9 Å². The smallest absolute Gasteiger partial charge is 0.343 e. The van der Waals surface area contributed by atoms with Crippen molar-refractivity contribution in [1.29, 1.82) is 0 Å². The van der Waals surface area contributed by atoms with Crippen LogP contribution in [0.25, 0.3) is 0 Å². The second-order valence-corrected chi connectivity index (χ2v) is 4.53. The summed E-state index contributed by atoms with van der Waals surface area (Å²) in [5.41, 5.74) is 1.10. The number of hydrogen-bond donors (Lipinski definition) is 0. The van der Waals surface area contributed by atoms with E-state index >= 15 is 0 Å². The number of aryl methyl sites for hydroxylation is 1. The van der Waals surface area contributed by atoms with E-state index in [4.69, 9.17) is 9.47 Å². The number of ether oxygens (including phenoxy) is 2. The number of carbonyl (C=O) groups excluding carboxylic acids is 1. The van der Waals surface area contributed by atoms with E-state index in [1.54, 1.807) is 12.1 Å². The Bertz CT molecular complexity index is 694. The quantitative estimate of drug-likeness (QED) is 0.366. The van der Waals surface area contributed by atoms with Crippen molar-refractivity contribution < 1.29 is 19.2 Å². The second kappa shape index (κ2) is 6.71. The fourth-order valence-corrected chi connectivity index (χ4v) is 1.89. The fourth-order valence-electron chi connectivity index (χ4n) is 1.89. The van der Waals surface area contributed by atoms with Crippen molar-refractivity contribution in [3.05, 3.63) is 63.7 Å². The van der Waals surface area contributed by atoms with Gasteiger partial charge in [0, 0.05) is 0 Å². The summed E-state index contributed by atoms with van der Waals surface area (Å²) in [4.78, 5) is 22.5. The molecule has 0 bridgehead atoms. The largest absolute Gasteiger partial charge is 0.496 e. The predicted molar refractivity (Wildman–Crippen MR) is 80.4 cm³/mol. The fraction of sp³-hybridized carbons (Fsp3) is 0.188. The normalized spacial score (nSPS) is 10.1. The Morgan fingerprint density at radius 1 is 1.18 bits per heavy atom. The van der Waals surface area contributed by atoms with Crippen LogP contribution in [0.3, 0.4) is 0 Å². The van der Waals surface area contributed by atoms with Gasteiger partial charge in [0.1, 0.15) is 5.75 Å². The Hall–Kier alpha value is -2.89. The van der Waals surface area contributed by atoms with Crippen LogP contribution in [-0.2, 0) is 6.42 Å². The number of nitrogens with zero attached hydrogens (tertiary/aromatic N) is 1. The van der Waals surface area contributed by atoms with Crippen LogP contribution in [0.5, 0.6) is 11.5 Å². The molecule has 2 rings (SSSR count). The van der Waals surface area contributed by atoms with E-state index in [2.05, 4.69) is 0 Å². The van der Waals surface area contributed by atoms with Crippen LogP contribution >= 0.6 is 0 Å². The second-order valence-electron chi connectivity index (χ2n) is 4.53. The number of rotatable bonds is 5. The lowest BCUT2D eigenvalue weighted by Crippen LogP contribution is -2.09. The summed E-state index contributed by atoms with van der Waals surface area (Å²) in [6, 6.07) is 11.0. The molecule has 0 aliphatic rings. The minimum Gasteiger partial charge on any atom is -0.496 e. The Labute approximate surface area is 127 Å². The van der Waals surface area contributed by atoms with E-state index in [0.29, 0.717) is 11.3 Å².